The van der Waals surface area contributed by atoms with Crippen LogP contribution in [-0.2, 0) is 4.74 Å². The molecule has 0 spiro atoms. The molecule has 0 aliphatic rings. The first-order valence-electron chi connectivity index (χ1n) is 4.76. The predicted molar refractivity (Wildman–Crippen MR) is 55.2 cm³/mol. The number of carbonyl (C=O) groups excluding carboxylic acids is 1. The Morgan fingerprint density at radius 2 is 2.07 bits per heavy atom. The van der Waals surface area contributed by atoms with Crippen molar-refractivity contribution >= 4 is 5.91 Å². The number of hydrogen-bond donors (Lipinski definition) is 1. The number of ether oxygens (including phenoxy) is 1. The number of benzene rings is 1. The second-order valence-corrected chi connectivity index (χ2v) is 3.11. The number of amides is 1. The molecule has 0 saturated carbocycles. The summed E-state index contributed by atoms with van der Waals surface area (Å²) in [6, 6.07) is 5.45. The molecule has 1 aromatic rings. The molecule has 0 heterocycles. The van der Waals surface area contributed by atoms with Gasteiger partial charge in [0, 0.05) is 25.8 Å². The van der Waals surface area contributed by atoms with Crippen molar-refractivity contribution < 1.29 is 13.9 Å². The van der Waals surface area contributed by atoms with Gasteiger partial charge >= 0.3 is 0 Å². The summed E-state index contributed by atoms with van der Waals surface area (Å²) >= 11 is 0. The Morgan fingerprint density at radius 1 is 1.40 bits per heavy atom. The smallest absolute Gasteiger partial charge is 0.251 e. The maximum atomic E-state index is 12.6. The minimum Gasteiger partial charge on any atom is -0.385 e. The largest absolute Gasteiger partial charge is 0.385 e. The van der Waals surface area contributed by atoms with Crippen molar-refractivity contribution in [2.45, 2.75) is 6.42 Å². The van der Waals surface area contributed by atoms with E-state index >= 15 is 0 Å². The van der Waals surface area contributed by atoms with E-state index < -0.39 is 0 Å². The maximum Gasteiger partial charge on any atom is 0.251 e. The number of nitrogens with one attached hydrogen (secondary N) is 1. The monoisotopic (exact) mass is 211 g/mol. The molecule has 4 heteroatoms. The number of methoxy groups -OCH3 is 1. The number of carbonyl (C=O) groups is 1. The lowest BCUT2D eigenvalue weighted by molar-refractivity contribution is 0.0948. The predicted octanol–water partition coefficient (Wildman–Crippen LogP) is 1.59. The van der Waals surface area contributed by atoms with E-state index in [2.05, 4.69) is 5.32 Å². The van der Waals surface area contributed by atoms with E-state index in [0.717, 1.165) is 6.42 Å². The Labute approximate surface area is 88.2 Å². The van der Waals surface area contributed by atoms with E-state index in [-0.39, 0.29) is 11.7 Å². The molecule has 0 unspecified atom stereocenters. The molecule has 0 radical (unpaired) electrons. The Kier molecular flexibility index (Phi) is 4.77. The molecule has 1 rings (SSSR count). The second kappa shape index (κ2) is 6.14. The molecular weight excluding hydrogens is 197 g/mol. The first kappa shape index (κ1) is 11.7. The third kappa shape index (κ3) is 4.08. The average molecular weight is 211 g/mol. The molecule has 3 nitrogen and oxygen atoms in total. The molecule has 1 aromatic carbocycles. The highest BCUT2D eigenvalue weighted by atomic mass is 19.1. The summed E-state index contributed by atoms with van der Waals surface area (Å²) < 4.78 is 17.4. The lowest BCUT2D eigenvalue weighted by Crippen LogP contribution is -2.25. The van der Waals surface area contributed by atoms with Gasteiger partial charge in [0.25, 0.3) is 5.91 Å². The van der Waals surface area contributed by atoms with Crippen molar-refractivity contribution in [1.82, 2.24) is 5.32 Å². The van der Waals surface area contributed by atoms with Gasteiger partial charge in [-0.15, -0.1) is 0 Å². The third-order valence-corrected chi connectivity index (χ3v) is 1.92. The van der Waals surface area contributed by atoms with Crippen LogP contribution in [0.1, 0.15) is 16.8 Å². The van der Waals surface area contributed by atoms with Gasteiger partial charge < -0.3 is 10.1 Å². The van der Waals surface area contributed by atoms with Crippen LogP contribution in [0.2, 0.25) is 0 Å². The molecule has 0 fully saturated rings. The maximum absolute atomic E-state index is 12.6. The zero-order valence-electron chi connectivity index (χ0n) is 8.63. The van der Waals surface area contributed by atoms with Crippen molar-refractivity contribution in [2.75, 3.05) is 20.3 Å². The van der Waals surface area contributed by atoms with Gasteiger partial charge in [0.1, 0.15) is 5.82 Å². The molecule has 0 bridgehead atoms. The molecule has 82 valence electrons. The minimum absolute atomic E-state index is 0.189. The molecule has 1 N–H and O–H groups in total. The van der Waals surface area contributed by atoms with E-state index in [0.29, 0.717) is 18.7 Å². The van der Waals surface area contributed by atoms with Crippen LogP contribution in [0.15, 0.2) is 24.3 Å². The molecule has 0 aromatic heterocycles. The lowest BCUT2D eigenvalue weighted by Gasteiger charge is -2.04. The second-order valence-electron chi connectivity index (χ2n) is 3.11. The van der Waals surface area contributed by atoms with Gasteiger partial charge in [-0.3, -0.25) is 4.79 Å². The highest BCUT2D eigenvalue weighted by molar-refractivity contribution is 5.94. The van der Waals surface area contributed by atoms with Crippen molar-refractivity contribution in [3.63, 3.8) is 0 Å². The molecule has 0 aliphatic carbocycles. The summed E-state index contributed by atoms with van der Waals surface area (Å²) in [5.74, 6) is -0.531. The standard InChI is InChI=1S/C11H14FNO2/c1-15-8-2-7-13-11(14)9-3-5-10(12)6-4-9/h3-6H,2,7-8H2,1H3,(H,13,14). The summed E-state index contributed by atoms with van der Waals surface area (Å²) in [5, 5.41) is 2.71. The molecular formula is C11H14FNO2. The van der Waals surface area contributed by atoms with Crippen LogP contribution in [0, 0.1) is 5.82 Å². The average Bonchev–Trinajstić information content (AvgIpc) is 2.25. The van der Waals surface area contributed by atoms with Crippen LogP contribution in [0.3, 0.4) is 0 Å². The summed E-state index contributed by atoms with van der Waals surface area (Å²) in [6.07, 6.45) is 0.767. The molecule has 0 aliphatic heterocycles. The zero-order valence-corrected chi connectivity index (χ0v) is 8.63. The SMILES string of the molecule is COCCCNC(=O)c1ccc(F)cc1. The van der Waals surface area contributed by atoms with Gasteiger partial charge in [0.2, 0.25) is 0 Å². The van der Waals surface area contributed by atoms with Gasteiger partial charge in [-0.2, -0.15) is 0 Å². The van der Waals surface area contributed by atoms with E-state index in [1.807, 2.05) is 0 Å². The van der Waals surface area contributed by atoms with Crippen LogP contribution in [-0.4, -0.2) is 26.2 Å². The summed E-state index contributed by atoms with van der Waals surface area (Å²) in [5.41, 5.74) is 0.466. The van der Waals surface area contributed by atoms with Gasteiger partial charge in [-0.1, -0.05) is 0 Å². The fraction of sp³-hybridized carbons (Fsp3) is 0.364. The van der Waals surface area contributed by atoms with E-state index in [1.165, 1.54) is 24.3 Å². The third-order valence-electron chi connectivity index (χ3n) is 1.92. The Balaban J connectivity index is 2.37. The Hall–Kier alpha value is -1.42. The fourth-order valence-corrected chi connectivity index (χ4v) is 1.12. The Morgan fingerprint density at radius 3 is 2.67 bits per heavy atom. The molecule has 1 amide bonds. The summed E-state index contributed by atoms with van der Waals surface area (Å²) in [7, 11) is 1.61. The fourth-order valence-electron chi connectivity index (χ4n) is 1.12. The van der Waals surface area contributed by atoms with Crippen LogP contribution in [0.5, 0.6) is 0 Å². The van der Waals surface area contributed by atoms with Crippen molar-refractivity contribution in [2.24, 2.45) is 0 Å². The minimum atomic E-state index is -0.342. The van der Waals surface area contributed by atoms with Gasteiger partial charge in [0.05, 0.1) is 0 Å². The van der Waals surface area contributed by atoms with Crippen LogP contribution >= 0.6 is 0 Å². The number of halogens is 1. The molecule has 15 heavy (non-hydrogen) atoms. The number of rotatable bonds is 5. The quantitative estimate of drug-likeness (QED) is 0.751. The highest BCUT2D eigenvalue weighted by Crippen LogP contribution is 2.02. The Bertz CT molecular complexity index is 311. The van der Waals surface area contributed by atoms with E-state index in [9.17, 15) is 9.18 Å². The number of hydrogen-bond acceptors (Lipinski definition) is 2. The topological polar surface area (TPSA) is 38.3 Å². The summed E-state index contributed by atoms with van der Waals surface area (Å²) in [6.45, 7) is 1.17. The zero-order chi connectivity index (χ0) is 11.1. The van der Waals surface area contributed by atoms with Gasteiger partial charge in [-0.05, 0) is 30.7 Å². The highest BCUT2D eigenvalue weighted by Gasteiger charge is 2.03. The van der Waals surface area contributed by atoms with Crippen LogP contribution < -0.4 is 5.32 Å². The van der Waals surface area contributed by atoms with E-state index in [1.54, 1.807) is 7.11 Å². The summed E-state index contributed by atoms with van der Waals surface area (Å²) in [4.78, 5) is 11.4. The van der Waals surface area contributed by atoms with Crippen LogP contribution in [0.25, 0.3) is 0 Å². The van der Waals surface area contributed by atoms with Crippen molar-refractivity contribution in [1.29, 1.82) is 0 Å². The first-order valence-corrected chi connectivity index (χ1v) is 4.76. The van der Waals surface area contributed by atoms with E-state index in [4.69, 9.17) is 4.74 Å². The molecule has 0 atom stereocenters. The van der Waals surface area contributed by atoms with Crippen LogP contribution in [0.4, 0.5) is 4.39 Å². The van der Waals surface area contributed by atoms with Gasteiger partial charge in [-0.25, -0.2) is 4.39 Å². The lowest BCUT2D eigenvalue weighted by atomic mass is 10.2. The normalized spacial score (nSPS) is 10.0. The van der Waals surface area contributed by atoms with Crippen molar-refractivity contribution in [3.05, 3.63) is 35.6 Å². The first-order chi connectivity index (χ1) is 7.24. The molecule has 0 saturated heterocycles. The van der Waals surface area contributed by atoms with Gasteiger partial charge in [0.15, 0.2) is 0 Å². The van der Waals surface area contributed by atoms with Crippen molar-refractivity contribution in [3.8, 4) is 0 Å².